The van der Waals surface area contributed by atoms with Crippen molar-refractivity contribution >= 4 is 33.2 Å². The van der Waals surface area contributed by atoms with Crippen molar-refractivity contribution in [3.05, 3.63) is 28.3 Å². The number of likely N-dealkylation sites (N-methyl/N-ethyl adjacent to an activating group) is 1. The molecule has 1 heterocycles. The third-order valence-electron chi connectivity index (χ3n) is 4.65. The lowest BCUT2D eigenvalue weighted by atomic mass is 10.3. The Morgan fingerprint density at radius 2 is 1.61 bits per heavy atom. The van der Waals surface area contributed by atoms with Crippen LogP contribution in [0, 0.1) is 10.1 Å². The number of rotatable bonds is 7. The molecule has 1 aromatic rings. The van der Waals surface area contributed by atoms with Gasteiger partial charge in [-0.05, 0) is 19.2 Å². The second-order valence-corrected chi connectivity index (χ2v) is 9.86. The van der Waals surface area contributed by atoms with Gasteiger partial charge in [0.15, 0.2) is 0 Å². The molecule has 1 saturated heterocycles. The van der Waals surface area contributed by atoms with Crippen LogP contribution in [-0.4, -0.2) is 85.4 Å². The fraction of sp³-hybridized carbons (Fsp3) is 0.562. The van der Waals surface area contributed by atoms with Gasteiger partial charge in [-0.2, -0.15) is 30.7 Å². The fourth-order valence-corrected chi connectivity index (χ4v) is 4.92. The summed E-state index contributed by atoms with van der Waals surface area (Å²) in [6.45, 7) is 1.65. The molecule has 0 bridgehead atoms. The van der Waals surface area contributed by atoms with E-state index in [9.17, 15) is 54.1 Å². The molecule has 8 nitrogen and oxygen atoms in total. The molecular formula is C16H16F7N3O5S2. The number of nitro groups is 1. The van der Waals surface area contributed by atoms with Crippen molar-refractivity contribution in [1.82, 2.24) is 9.80 Å². The topological polar surface area (TPSA) is 101 Å². The highest BCUT2D eigenvalue weighted by molar-refractivity contribution is 7.86. The first-order chi connectivity index (χ1) is 15.0. The first kappa shape index (κ1) is 27.1. The molecule has 1 aromatic carbocycles. The number of carbonyl (C=O) groups is 1. The van der Waals surface area contributed by atoms with Crippen molar-refractivity contribution in [2.75, 3.05) is 39.0 Å². The second-order valence-electron chi connectivity index (χ2n) is 6.92. The predicted octanol–water partition coefficient (Wildman–Crippen LogP) is 2.37. The lowest BCUT2D eigenvalue weighted by molar-refractivity contribution is -0.388. The molecule has 0 aliphatic carbocycles. The first-order valence-electron chi connectivity index (χ1n) is 8.88. The van der Waals surface area contributed by atoms with E-state index >= 15 is 0 Å². The van der Waals surface area contributed by atoms with E-state index in [0.717, 1.165) is 0 Å². The van der Waals surface area contributed by atoms with Crippen LogP contribution in [0.4, 0.5) is 36.4 Å². The minimum absolute atomic E-state index is 0.0735. The molecule has 186 valence electrons. The van der Waals surface area contributed by atoms with Crippen LogP contribution in [0.1, 0.15) is 0 Å². The molecule has 1 fully saturated rings. The average molecular weight is 527 g/mol. The summed E-state index contributed by atoms with van der Waals surface area (Å²) in [5.74, 6) is -8.05. The van der Waals surface area contributed by atoms with Gasteiger partial charge >= 0.3 is 17.4 Å². The molecule has 1 aliphatic rings. The van der Waals surface area contributed by atoms with E-state index in [-0.39, 0.29) is 6.07 Å². The second kappa shape index (κ2) is 9.61. The molecule has 0 spiro atoms. The molecule has 2 rings (SSSR count). The van der Waals surface area contributed by atoms with Gasteiger partial charge in [0.2, 0.25) is 5.91 Å². The summed E-state index contributed by atoms with van der Waals surface area (Å²) in [4.78, 5) is 23.5. The average Bonchev–Trinajstić information content (AvgIpc) is 2.72. The molecule has 2 atom stereocenters. The van der Waals surface area contributed by atoms with Crippen molar-refractivity contribution in [2.24, 2.45) is 0 Å². The van der Waals surface area contributed by atoms with Gasteiger partial charge in [-0.1, -0.05) is 0 Å². The summed E-state index contributed by atoms with van der Waals surface area (Å²) in [7, 11) is -4.95. The largest absolute Gasteiger partial charge is 0.461 e. The number of halogens is 7. The van der Waals surface area contributed by atoms with E-state index in [4.69, 9.17) is 0 Å². The molecule has 1 amide bonds. The van der Waals surface area contributed by atoms with Crippen LogP contribution >= 0.6 is 0 Å². The number of piperazine rings is 1. The van der Waals surface area contributed by atoms with Crippen molar-refractivity contribution in [3.63, 3.8) is 0 Å². The normalized spacial score (nSPS) is 18.1. The number of nitrogens with zero attached hydrogens (tertiary/aromatic N) is 3. The summed E-state index contributed by atoms with van der Waals surface area (Å²) in [6.07, 6.45) is -6.75. The quantitative estimate of drug-likeness (QED) is 0.307. The zero-order chi connectivity index (χ0) is 25.4. The molecule has 17 heteroatoms. The Bertz CT molecular complexity index is 982. The van der Waals surface area contributed by atoms with Crippen molar-refractivity contribution in [1.29, 1.82) is 0 Å². The van der Waals surface area contributed by atoms with Gasteiger partial charge in [0.25, 0.3) is 5.69 Å². The molecule has 1 aliphatic heterocycles. The molecule has 0 saturated carbocycles. The fourth-order valence-electron chi connectivity index (χ4n) is 2.71. The molecule has 0 aromatic heterocycles. The smallest absolute Gasteiger partial charge is 0.339 e. The Kier molecular flexibility index (Phi) is 7.90. The van der Waals surface area contributed by atoms with Gasteiger partial charge in [0, 0.05) is 32.2 Å². The highest BCUT2D eigenvalue weighted by Gasteiger charge is 2.76. The van der Waals surface area contributed by atoms with Crippen LogP contribution in [0.2, 0.25) is 0 Å². The third kappa shape index (κ3) is 5.51. The van der Waals surface area contributed by atoms with E-state index in [1.807, 2.05) is 11.9 Å². The van der Waals surface area contributed by atoms with E-state index in [1.165, 1.54) is 4.90 Å². The molecule has 0 N–H and O–H groups in total. The molecular weight excluding hydrogens is 511 g/mol. The summed E-state index contributed by atoms with van der Waals surface area (Å²) < 4.78 is 115. The number of carbonyl (C=O) groups excluding carboxylic acids is 1. The van der Waals surface area contributed by atoms with E-state index in [0.29, 0.717) is 38.3 Å². The van der Waals surface area contributed by atoms with Crippen molar-refractivity contribution in [3.8, 4) is 0 Å². The zero-order valence-electron chi connectivity index (χ0n) is 16.6. The summed E-state index contributed by atoms with van der Waals surface area (Å²) >= 11 is 0. The molecule has 2 unspecified atom stereocenters. The monoisotopic (exact) mass is 527 g/mol. The highest BCUT2D eigenvalue weighted by Crippen LogP contribution is 2.49. The number of alkyl halides is 7. The standard InChI is InChI=1S/C16H16F7N3O5S2/c1-24-4-6-25(7-5-24)13(27)9-32(30)12-3-2-10(8-11(12)26(28)29)33(31)16(22,23)14(17,18)15(19,20)21/h2-3,8H,4-7,9H2,1H3. The maximum absolute atomic E-state index is 13.7. The Balaban J connectivity index is 2.32. The van der Waals surface area contributed by atoms with E-state index in [2.05, 4.69) is 0 Å². The Hall–Kier alpha value is -2.14. The first-order valence-corrected chi connectivity index (χ1v) is 11.3. The number of benzene rings is 1. The number of hydrogen-bond acceptors (Lipinski definition) is 6. The summed E-state index contributed by atoms with van der Waals surface area (Å²) in [6, 6.07) is 0.960. The summed E-state index contributed by atoms with van der Waals surface area (Å²) in [5.41, 5.74) is -1.23. The van der Waals surface area contributed by atoms with Crippen LogP contribution in [0.25, 0.3) is 0 Å². The predicted molar refractivity (Wildman–Crippen MR) is 101 cm³/mol. The van der Waals surface area contributed by atoms with Crippen LogP contribution < -0.4 is 0 Å². The van der Waals surface area contributed by atoms with E-state index < -0.39 is 71.0 Å². The minimum Gasteiger partial charge on any atom is -0.339 e. The van der Waals surface area contributed by atoms with Crippen molar-refractivity contribution in [2.45, 2.75) is 27.1 Å². The molecule has 0 radical (unpaired) electrons. The van der Waals surface area contributed by atoms with Crippen molar-refractivity contribution < 1.29 is 48.9 Å². The van der Waals surface area contributed by atoms with Crippen LogP contribution in [0.15, 0.2) is 28.0 Å². The van der Waals surface area contributed by atoms with Gasteiger partial charge in [0.1, 0.15) is 21.4 Å². The number of amides is 1. The van der Waals surface area contributed by atoms with Crippen LogP contribution in [-0.2, 0) is 26.4 Å². The number of nitro benzene ring substituents is 1. The molecule has 33 heavy (non-hydrogen) atoms. The third-order valence-corrected chi connectivity index (χ3v) is 7.40. The Morgan fingerprint density at radius 1 is 1.06 bits per heavy atom. The Morgan fingerprint density at radius 3 is 2.09 bits per heavy atom. The number of hydrogen-bond donors (Lipinski definition) is 0. The minimum atomic E-state index is -6.75. The van der Waals surface area contributed by atoms with Gasteiger partial charge < -0.3 is 9.80 Å². The van der Waals surface area contributed by atoms with Gasteiger partial charge in [-0.25, -0.2) is 4.21 Å². The maximum Gasteiger partial charge on any atom is 0.461 e. The highest BCUT2D eigenvalue weighted by atomic mass is 32.2. The zero-order valence-corrected chi connectivity index (χ0v) is 18.2. The Labute approximate surface area is 186 Å². The maximum atomic E-state index is 13.7. The SMILES string of the molecule is CN1CCN(C(=O)CS(=O)c2ccc(S(=O)C(F)(F)C(F)(F)C(F)(F)F)cc2[N+](=O)[O-])CC1. The van der Waals surface area contributed by atoms with Gasteiger partial charge in [0.05, 0.1) is 20.6 Å². The van der Waals surface area contributed by atoms with Gasteiger partial charge in [-0.15, -0.1) is 0 Å². The van der Waals surface area contributed by atoms with Gasteiger partial charge in [-0.3, -0.25) is 19.1 Å². The summed E-state index contributed by atoms with van der Waals surface area (Å²) in [5, 5.41) is 5.13. The van der Waals surface area contributed by atoms with E-state index in [1.54, 1.807) is 0 Å². The lowest BCUT2D eigenvalue weighted by Gasteiger charge is -2.32. The van der Waals surface area contributed by atoms with Crippen LogP contribution in [0.3, 0.4) is 0 Å². The van der Waals surface area contributed by atoms with Crippen LogP contribution in [0.5, 0.6) is 0 Å². The lowest BCUT2D eigenvalue weighted by Crippen LogP contribution is -2.54.